The minimum absolute atomic E-state index is 0.282. The Labute approximate surface area is 181 Å². The number of benzene rings is 1. The third-order valence-electron chi connectivity index (χ3n) is 5.39. The van der Waals surface area contributed by atoms with Crippen LogP contribution in [-0.4, -0.2) is 35.1 Å². The summed E-state index contributed by atoms with van der Waals surface area (Å²) in [5.41, 5.74) is 6.98. The van der Waals surface area contributed by atoms with Crippen LogP contribution in [0.2, 0.25) is 0 Å². The minimum Gasteiger partial charge on any atom is -0.353 e. The molecule has 0 unspecified atom stereocenters. The summed E-state index contributed by atoms with van der Waals surface area (Å²) in [4.78, 5) is 20.9. The van der Waals surface area contributed by atoms with Crippen molar-refractivity contribution in [3.63, 3.8) is 0 Å². The molecule has 0 saturated carbocycles. The molecule has 7 nitrogen and oxygen atoms in total. The van der Waals surface area contributed by atoms with Crippen molar-refractivity contribution in [1.29, 1.82) is 0 Å². The molecular formula is C24H16FN7. The Morgan fingerprint density at radius 1 is 0.812 bits per heavy atom. The molecular weight excluding hydrogens is 405 g/mol. The zero-order valence-electron chi connectivity index (χ0n) is 17.0. The predicted octanol–water partition coefficient (Wildman–Crippen LogP) is 5.07. The predicted molar refractivity (Wildman–Crippen MR) is 120 cm³/mol. The van der Waals surface area contributed by atoms with E-state index in [9.17, 15) is 4.39 Å². The van der Waals surface area contributed by atoms with Crippen LogP contribution in [0.15, 0.2) is 67.4 Å². The highest BCUT2D eigenvalue weighted by Gasteiger charge is 2.16. The number of aromatic nitrogens is 7. The van der Waals surface area contributed by atoms with Crippen LogP contribution in [-0.2, 0) is 0 Å². The maximum atomic E-state index is 14.0. The summed E-state index contributed by atoms with van der Waals surface area (Å²) < 4.78 is 14.0. The van der Waals surface area contributed by atoms with Gasteiger partial charge in [-0.15, -0.1) is 0 Å². The lowest BCUT2D eigenvalue weighted by Crippen LogP contribution is -1.87. The molecule has 0 fully saturated rings. The molecule has 0 atom stereocenters. The van der Waals surface area contributed by atoms with Crippen molar-refractivity contribution in [1.82, 2.24) is 35.1 Å². The van der Waals surface area contributed by atoms with Crippen LogP contribution in [0.1, 0.15) is 5.56 Å². The fraction of sp³-hybridized carbons (Fsp3) is 0.0417. The summed E-state index contributed by atoms with van der Waals surface area (Å²) in [5.74, 6) is -0.282. The molecule has 0 radical (unpaired) electrons. The third-order valence-corrected chi connectivity index (χ3v) is 5.39. The van der Waals surface area contributed by atoms with Crippen LogP contribution in [0, 0.1) is 12.7 Å². The first-order valence-electron chi connectivity index (χ1n) is 10.0. The number of hydrogen-bond donors (Lipinski definition) is 2. The number of halogens is 1. The van der Waals surface area contributed by atoms with Gasteiger partial charge in [-0.25, -0.2) is 9.37 Å². The lowest BCUT2D eigenvalue weighted by molar-refractivity contribution is 0.627. The lowest BCUT2D eigenvalue weighted by atomic mass is 10.0. The van der Waals surface area contributed by atoms with E-state index in [1.807, 2.05) is 31.2 Å². The van der Waals surface area contributed by atoms with Gasteiger partial charge in [-0.05, 0) is 48.9 Å². The van der Waals surface area contributed by atoms with Gasteiger partial charge in [0.05, 0.1) is 23.3 Å². The van der Waals surface area contributed by atoms with Crippen molar-refractivity contribution in [2.24, 2.45) is 0 Å². The fourth-order valence-corrected chi connectivity index (χ4v) is 3.98. The van der Waals surface area contributed by atoms with Gasteiger partial charge in [0.1, 0.15) is 11.5 Å². The molecule has 32 heavy (non-hydrogen) atoms. The number of aryl methyl sites for hydroxylation is 1. The second-order valence-corrected chi connectivity index (χ2v) is 7.60. The lowest BCUT2D eigenvalue weighted by Gasteiger charge is -2.04. The Morgan fingerprint density at radius 2 is 1.75 bits per heavy atom. The smallest absolute Gasteiger partial charge is 0.155 e. The molecule has 2 N–H and O–H groups in total. The molecule has 0 bridgehead atoms. The van der Waals surface area contributed by atoms with Crippen molar-refractivity contribution in [2.75, 3.05) is 0 Å². The molecule has 0 aliphatic heterocycles. The first-order valence-corrected chi connectivity index (χ1v) is 10.0. The summed E-state index contributed by atoms with van der Waals surface area (Å²) in [6.07, 6.45) is 8.44. The van der Waals surface area contributed by atoms with Crippen molar-refractivity contribution < 1.29 is 4.39 Å². The van der Waals surface area contributed by atoms with Crippen molar-refractivity contribution in [2.45, 2.75) is 6.92 Å². The van der Waals surface area contributed by atoms with Crippen molar-refractivity contribution in [3.05, 3.63) is 78.8 Å². The van der Waals surface area contributed by atoms with Crippen LogP contribution in [0.5, 0.6) is 0 Å². The molecule has 0 spiro atoms. The number of fused-ring (bicyclic) bond motifs is 2. The highest BCUT2D eigenvalue weighted by Crippen LogP contribution is 2.34. The van der Waals surface area contributed by atoms with E-state index < -0.39 is 0 Å². The SMILES string of the molecule is Cc1cc(F)cc(-c2nccc3[nH]c(-c4n[nH]c5ncc(-c6cnccn6)cc45)cc23)c1. The van der Waals surface area contributed by atoms with Crippen LogP contribution in [0.3, 0.4) is 0 Å². The van der Waals surface area contributed by atoms with Gasteiger partial charge < -0.3 is 4.98 Å². The standard InChI is InChI=1S/C24H16FN7/c1-13-6-14(8-16(25)7-13)22-17-10-20(30-19(17)2-3-28-22)23-18-9-15(11-29-24(18)32-31-23)21-12-26-4-5-27-21/h2-12,30H,1H3,(H,29,31,32). The largest absolute Gasteiger partial charge is 0.353 e. The van der Waals surface area contributed by atoms with Gasteiger partial charge in [-0.3, -0.25) is 20.1 Å². The van der Waals surface area contributed by atoms with E-state index in [1.165, 1.54) is 12.1 Å². The monoisotopic (exact) mass is 421 g/mol. The van der Waals surface area contributed by atoms with Gasteiger partial charge in [0.25, 0.3) is 0 Å². The number of pyridine rings is 2. The Bertz CT molecular complexity index is 1580. The zero-order valence-corrected chi connectivity index (χ0v) is 17.0. The molecule has 0 aliphatic carbocycles. The van der Waals surface area contributed by atoms with Crippen LogP contribution in [0.4, 0.5) is 4.39 Å². The zero-order chi connectivity index (χ0) is 21.7. The van der Waals surface area contributed by atoms with E-state index in [2.05, 4.69) is 35.1 Å². The van der Waals surface area contributed by atoms with E-state index in [0.717, 1.165) is 50.1 Å². The first kappa shape index (κ1) is 18.3. The molecule has 5 heterocycles. The molecule has 8 heteroatoms. The van der Waals surface area contributed by atoms with Crippen molar-refractivity contribution in [3.8, 4) is 33.9 Å². The molecule has 5 aromatic heterocycles. The Balaban J connectivity index is 1.52. The quantitative estimate of drug-likeness (QED) is 0.416. The Morgan fingerprint density at radius 3 is 2.59 bits per heavy atom. The summed E-state index contributed by atoms with van der Waals surface area (Å²) in [6, 6.07) is 10.8. The highest BCUT2D eigenvalue weighted by atomic mass is 19.1. The first-order chi connectivity index (χ1) is 15.7. The molecule has 0 amide bonds. The summed E-state index contributed by atoms with van der Waals surface area (Å²) in [7, 11) is 0. The average molecular weight is 421 g/mol. The third kappa shape index (κ3) is 3.01. The van der Waals surface area contributed by atoms with Gasteiger partial charge in [0.15, 0.2) is 5.65 Å². The maximum Gasteiger partial charge on any atom is 0.155 e. The Hall–Kier alpha value is -4.46. The van der Waals surface area contributed by atoms with Crippen molar-refractivity contribution >= 4 is 21.9 Å². The molecule has 0 saturated heterocycles. The number of nitrogens with zero attached hydrogens (tertiary/aromatic N) is 5. The molecule has 6 rings (SSSR count). The van der Waals surface area contributed by atoms with E-state index in [0.29, 0.717) is 11.3 Å². The second kappa shape index (κ2) is 7.05. The van der Waals surface area contributed by atoms with Gasteiger partial charge in [-0.1, -0.05) is 0 Å². The second-order valence-electron chi connectivity index (χ2n) is 7.60. The van der Waals surface area contributed by atoms with E-state index in [4.69, 9.17) is 0 Å². The van der Waals surface area contributed by atoms with Gasteiger partial charge in [0.2, 0.25) is 0 Å². The molecule has 154 valence electrons. The van der Waals surface area contributed by atoms with Gasteiger partial charge in [0, 0.05) is 52.2 Å². The summed E-state index contributed by atoms with van der Waals surface area (Å²) in [6.45, 7) is 1.87. The number of H-pyrrole nitrogens is 2. The number of rotatable bonds is 3. The topological polar surface area (TPSA) is 96.0 Å². The van der Waals surface area contributed by atoms with Gasteiger partial charge in [-0.2, -0.15) is 5.10 Å². The van der Waals surface area contributed by atoms with E-state index in [1.54, 1.807) is 31.0 Å². The van der Waals surface area contributed by atoms with E-state index in [-0.39, 0.29) is 5.82 Å². The number of aromatic amines is 2. The molecule has 6 aromatic rings. The Kier molecular flexibility index (Phi) is 4.04. The maximum absolute atomic E-state index is 14.0. The molecule has 1 aromatic carbocycles. The average Bonchev–Trinajstić information content (AvgIpc) is 3.42. The van der Waals surface area contributed by atoms with Gasteiger partial charge >= 0.3 is 0 Å². The normalized spacial score (nSPS) is 11.4. The number of hydrogen-bond acceptors (Lipinski definition) is 5. The van der Waals surface area contributed by atoms with Crippen LogP contribution in [0.25, 0.3) is 55.8 Å². The highest BCUT2D eigenvalue weighted by molar-refractivity contribution is 5.99. The minimum atomic E-state index is -0.282. The summed E-state index contributed by atoms with van der Waals surface area (Å²) in [5, 5.41) is 9.23. The van der Waals surface area contributed by atoms with Crippen LogP contribution >= 0.6 is 0 Å². The number of nitrogens with one attached hydrogen (secondary N) is 2. The van der Waals surface area contributed by atoms with Crippen LogP contribution < -0.4 is 0 Å². The fourth-order valence-electron chi connectivity index (χ4n) is 3.98. The summed E-state index contributed by atoms with van der Waals surface area (Å²) >= 11 is 0. The van der Waals surface area contributed by atoms with E-state index >= 15 is 0 Å². The molecule has 0 aliphatic rings.